The van der Waals surface area contributed by atoms with Crippen LogP contribution in [0.25, 0.3) is 0 Å². The maximum absolute atomic E-state index is 12.9. The molecule has 0 aromatic heterocycles. The van der Waals surface area contributed by atoms with Gasteiger partial charge in [0.1, 0.15) is 0 Å². The first-order valence-electron chi connectivity index (χ1n) is 5.53. The first-order chi connectivity index (χ1) is 8.39. The molecule has 1 rings (SSSR count). The average molecular weight is 295 g/mol. The first-order valence-corrected chi connectivity index (χ1v) is 5.53. The average Bonchev–Trinajstić information content (AvgIpc) is 2.98. The van der Waals surface area contributed by atoms with E-state index >= 15 is 0 Å². The number of hydrogen-bond donors (Lipinski definition) is 1. The van der Waals surface area contributed by atoms with Crippen LogP contribution in [-0.4, -0.2) is 30.0 Å². The molecular formula is C10H12F7NO. The zero-order chi connectivity index (χ0) is 15.1. The highest BCUT2D eigenvalue weighted by Crippen LogP contribution is 2.46. The molecule has 1 fully saturated rings. The first kappa shape index (κ1) is 16.0. The summed E-state index contributed by atoms with van der Waals surface area (Å²) < 4.78 is 86.5. The minimum absolute atomic E-state index is 0.201. The Morgan fingerprint density at radius 2 is 1.63 bits per heavy atom. The lowest BCUT2D eigenvalue weighted by Gasteiger charge is -2.28. The number of carbonyl (C=O) groups excluding carboxylic acids is 1. The largest absolute Gasteiger partial charge is 0.460 e. The van der Waals surface area contributed by atoms with Crippen molar-refractivity contribution in [2.75, 3.05) is 0 Å². The van der Waals surface area contributed by atoms with Crippen molar-refractivity contribution in [2.24, 2.45) is 5.92 Å². The molecule has 0 aromatic rings. The highest BCUT2D eigenvalue weighted by atomic mass is 19.4. The summed E-state index contributed by atoms with van der Waals surface area (Å²) >= 11 is 0. The number of rotatable bonds is 5. The molecule has 19 heavy (non-hydrogen) atoms. The molecule has 0 heterocycles. The van der Waals surface area contributed by atoms with Crippen molar-refractivity contribution in [1.82, 2.24) is 5.32 Å². The van der Waals surface area contributed by atoms with Crippen LogP contribution < -0.4 is 5.32 Å². The van der Waals surface area contributed by atoms with Crippen LogP contribution in [0.2, 0.25) is 0 Å². The number of carbonyl (C=O) groups is 1. The van der Waals surface area contributed by atoms with E-state index in [1.165, 1.54) is 12.2 Å². The van der Waals surface area contributed by atoms with Crippen molar-refractivity contribution in [3.63, 3.8) is 0 Å². The summed E-state index contributed by atoms with van der Waals surface area (Å²) in [6.45, 7) is 1.28. The van der Waals surface area contributed by atoms with E-state index in [0.717, 1.165) is 12.8 Å². The quantitative estimate of drug-likeness (QED) is 0.776. The maximum atomic E-state index is 12.9. The van der Waals surface area contributed by atoms with Gasteiger partial charge in [-0.2, -0.15) is 30.7 Å². The lowest BCUT2D eigenvalue weighted by Crippen LogP contribution is -2.60. The summed E-state index contributed by atoms with van der Waals surface area (Å²) in [6, 6.07) is -0.880. The van der Waals surface area contributed by atoms with Crippen LogP contribution in [0.3, 0.4) is 0 Å². The molecule has 1 amide bonds. The van der Waals surface area contributed by atoms with Gasteiger partial charge in [0.25, 0.3) is 5.91 Å². The lowest BCUT2D eigenvalue weighted by atomic mass is 10.1. The fourth-order valence-electron chi connectivity index (χ4n) is 1.55. The predicted molar refractivity (Wildman–Crippen MR) is 50.9 cm³/mol. The molecule has 0 aromatic carbocycles. The second kappa shape index (κ2) is 4.82. The minimum atomic E-state index is -6.49. The van der Waals surface area contributed by atoms with E-state index in [4.69, 9.17) is 0 Å². The van der Waals surface area contributed by atoms with E-state index in [9.17, 15) is 35.5 Å². The molecule has 1 aliphatic carbocycles. The van der Waals surface area contributed by atoms with Crippen molar-refractivity contribution in [3.8, 4) is 0 Å². The van der Waals surface area contributed by atoms with E-state index in [1.54, 1.807) is 0 Å². The van der Waals surface area contributed by atoms with Crippen molar-refractivity contribution < 1.29 is 35.5 Å². The van der Waals surface area contributed by atoms with Gasteiger partial charge in [-0.1, -0.05) is 12.8 Å². The normalized spacial score (nSPS) is 19.2. The number of alkyl halides is 7. The van der Waals surface area contributed by atoms with Gasteiger partial charge in [0.15, 0.2) is 0 Å². The van der Waals surface area contributed by atoms with Crippen LogP contribution in [0.4, 0.5) is 30.7 Å². The molecule has 1 aliphatic rings. The molecule has 0 saturated heterocycles. The standard InChI is InChI=1S/C10H12F7NO/c1-5(4-6-2-3-6)18-7(19)8(11,12)9(13,14)10(15,16)17/h5-6H,2-4H2,1H3,(H,18,19). The highest BCUT2D eigenvalue weighted by molar-refractivity contribution is 5.85. The molecular weight excluding hydrogens is 283 g/mol. The second-order valence-electron chi connectivity index (χ2n) is 4.70. The third kappa shape index (κ3) is 3.30. The molecule has 1 unspecified atom stereocenters. The van der Waals surface area contributed by atoms with Gasteiger partial charge in [-0.25, -0.2) is 0 Å². The van der Waals surface area contributed by atoms with Crippen LogP contribution in [0.5, 0.6) is 0 Å². The van der Waals surface area contributed by atoms with Crippen molar-refractivity contribution in [2.45, 2.75) is 50.2 Å². The Kier molecular flexibility index (Phi) is 4.07. The van der Waals surface area contributed by atoms with E-state index in [1.807, 2.05) is 0 Å². The predicted octanol–water partition coefficient (Wildman–Crippen LogP) is 3.12. The number of nitrogens with one attached hydrogen (secondary N) is 1. The van der Waals surface area contributed by atoms with Gasteiger partial charge in [0.05, 0.1) is 0 Å². The molecule has 0 aliphatic heterocycles. The molecule has 2 nitrogen and oxygen atoms in total. The van der Waals surface area contributed by atoms with Crippen LogP contribution in [-0.2, 0) is 4.79 Å². The van der Waals surface area contributed by atoms with E-state index in [0.29, 0.717) is 0 Å². The van der Waals surface area contributed by atoms with Crippen LogP contribution in [0, 0.1) is 5.92 Å². The highest BCUT2D eigenvalue weighted by Gasteiger charge is 2.76. The molecule has 112 valence electrons. The topological polar surface area (TPSA) is 29.1 Å². The summed E-state index contributed by atoms with van der Waals surface area (Å²) in [6.07, 6.45) is -4.56. The summed E-state index contributed by atoms with van der Waals surface area (Å²) in [7, 11) is 0. The lowest BCUT2D eigenvalue weighted by molar-refractivity contribution is -0.344. The van der Waals surface area contributed by atoms with Gasteiger partial charge < -0.3 is 5.32 Å². The molecule has 0 radical (unpaired) electrons. The summed E-state index contributed by atoms with van der Waals surface area (Å²) in [5.41, 5.74) is 0. The number of halogens is 7. The van der Waals surface area contributed by atoms with Crippen molar-refractivity contribution in [1.29, 1.82) is 0 Å². The van der Waals surface area contributed by atoms with Crippen molar-refractivity contribution >= 4 is 5.91 Å². The molecule has 1 N–H and O–H groups in total. The monoisotopic (exact) mass is 295 g/mol. The fraction of sp³-hybridized carbons (Fsp3) is 0.900. The number of hydrogen-bond acceptors (Lipinski definition) is 1. The molecule has 1 atom stereocenters. The second-order valence-corrected chi connectivity index (χ2v) is 4.70. The van der Waals surface area contributed by atoms with Crippen LogP contribution in [0.15, 0.2) is 0 Å². The van der Waals surface area contributed by atoms with Gasteiger partial charge in [-0.15, -0.1) is 0 Å². The Labute approximate surface area is 104 Å². The van der Waals surface area contributed by atoms with Gasteiger partial charge in [0.2, 0.25) is 0 Å². The van der Waals surface area contributed by atoms with E-state index in [-0.39, 0.29) is 12.3 Å². The third-order valence-electron chi connectivity index (χ3n) is 2.80. The Morgan fingerprint density at radius 3 is 2.00 bits per heavy atom. The van der Waals surface area contributed by atoms with Gasteiger partial charge >= 0.3 is 18.0 Å². The summed E-state index contributed by atoms with van der Waals surface area (Å²) in [5.74, 6) is -14.6. The van der Waals surface area contributed by atoms with E-state index in [2.05, 4.69) is 0 Å². The number of amides is 1. The third-order valence-corrected chi connectivity index (χ3v) is 2.80. The van der Waals surface area contributed by atoms with Gasteiger partial charge in [-0.05, 0) is 19.3 Å². The molecule has 0 spiro atoms. The zero-order valence-electron chi connectivity index (χ0n) is 9.83. The van der Waals surface area contributed by atoms with Crippen LogP contribution in [0.1, 0.15) is 26.2 Å². The van der Waals surface area contributed by atoms with Crippen molar-refractivity contribution in [3.05, 3.63) is 0 Å². The van der Waals surface area contributed by atoms with Gasteiger partial charge in [0, 0.05) is 6.04 Å². The zero-order valence-corrected chi connectivity index (χ0v) is 9.83. The molecule has 0 bridgehead atoms. The Morgan fingerprint density at radius 1 is 1.16 bits per heavy atom. The Hall–Kier alpha value is -1.02. The maximum Gasteiger partial charge on any atom is 0.460 e. The Balaban J connectivity index is 2.72. The SMILES string of the molecule is CC(CC1CC1)NC(=O)C(F)(F)C(F)(F)C(F)(F)F. The molecule has 9 heteroatoms. The van der Waals surface area contributed by atoms with E-state index < -0.39 is 30.0 Å². The summed E-state index contributed by atoms with van der Waals surface area (Å²) in [5, 5.41) is 1.50. The molecule has 1 saturated carbocycles. The summed E-state index contributed by atoms with van der Waals surface area (Å²) in [4.78, 5) is 10.9. The van der Waals surface area contributed by atoms with Crippen LogP contribution >= 0.6 is 0 Å². The minimum Gasteiger partial charge on any atom is -0.348 e. The smallest absolute Gasteiger partial charge is 0.348 e. The van der Waals surface area contributed by atoms with Gasteiger partial charge in [-0.3, -0.25) is 4.79 Å². The Bertz CT molecular complexity index is 348. The fourth-order valence-corrected chi connectivity index (χ4v) is 1.55.